The zero-order valence-electron chi connectivity index (χ0n) is 9.08. The Hall–Kier alpha value is -1.14. The summed E-state index contributed by atoms with van der Waals surface area (Å²) in [6.45, 7) is 4.83. The van der Waals surface area contributed by atoms with E-state index in [0.717, 1.165) is 19.6 Å². The Bertz CT molecular complexity index is 245. The predicted octanol–water partition coefficient (Wildman–Crippen LogP) is -0.837. The Balaban J connectivity index is 2.33. The van der Waals surface area contributed by atoms with Crippen LogP contribution in [0.25, 0.3) is 0 Å². The molecule has 6 nitrogen and oxygen atoms in total. The van der Waals surface area contributed by atoms with Crippen LogP contribution in [0.5, 0.6) is 0 Å². The van der Waals surface area contributed by atoms with Gasteiger partial charge in [-0.15, -0.1) is 0 Å². The molecule has 1 heterocycles. The van der Waals surface area contributed by atoms with E-state index in [1.807, 2.05) is 11.8 Å². The molecular weight excluding hydrogens is 198 g/mol. The summed E-state index contributed by atoms with van der Waals surface area (Å²) in [6, 6.07) is 0.308. The van der Waals surface area contributed by atoms with Crippen molar-refractivity contribution in [3.8, 4) is 0 Å². The number of piperazine rings is 1. The molecule has 0 bridgehead atoms. The van der Waals surface area contributed by atoms with Gasteiger partial charge in [0.05, 0.1) is 13.7 Å². The van der Waals surface area contributed by atoms with Gasteiger partial charge >= 0.3 is 6.09 Å². The third kappa shape index (κ3) is 3.85. The molecule has 0 aromatic carbocycles. The molecule has 0 saturated carbocycles. The average molecular weight is 215 g/mol. The molecule has 1 saturated heterocycles. The van der Waals surface area contributed by atoms with Gasteiger partial charge in [-0.25, -0.2) is 4.79 Å². The Kier molecular flexibility index (Phi) is 4.51. The lowest BCUT2D eigenvalue weighted by Crippen LogP contribution is -2.53. The molecule has 0 spiro atoms. The molecule has 2 amide bonds. The molecule has 0 aromatic heterocycles. The molecule has 1 aliphatic rings. The summed E-state index contributed by atoms with van der Waals surface area (Å²) in [5.74, 6) is -0.324. The van der Waals surface area contributed by atoms with Crippen LogP contribution in [0.2, 0.25) is 0 Å². The van der Waals surface area contributed by atoms with E-state index in [4.69, 9.17) is 0 Å². The van der Waals surface area contributed by atoms with Gasteiger partial charge in [0.25, 0.3) is 0 Å². The number of amides is 2. The van der Waals surface area contributed by atoms with Crippen LogP contribution in [0.1, 0.15) is 6.92 Å². The maximum Gasteiger partial charge on any atom is 0.413 e. The van der Waals surface area contributed by atoms with Crippen molar-refractivity contribution in [3.63, 3.8) is 0 Å². The monoisotopic (exact) mass is 215 g/mol. The van der Waals surface area contributed by atoms with Gasteiger partial charge in [0.1, 0.15) is 0 Å². The normalized spacial score (nSPS) is 22.1. The highest BCUT2D eigenvalue weighted by Crippen LogP contribution is 2.00. The molecule has 6 heteroatoms. The number of nitrogens with zero attached hydrogens (tertiary/aromatic N) is 1. The molecule has 0 aromatic rings. The van der Waals surface area contributed by atoms with Crippen molar-refractivity contribution in [1.82, 2.24) is 15.5 Å². The molecule has 1 atom stereocenters. The Morgan fingerprint density at radius 3 is 2.93 bits per heavy atom. The van der Waals surface area contributed by atoms with Gasteiger partial charge in [0.2, 0.25) is 5.91 Å². The molecule has 1 rings (SSSR count). The largest absolute Gasteiger partial charge is 0.453 e. The summed E-state index contributed by atoms with van der Waals surface area (Å²) in [6.07, 6.45) is -0.706. The minimum absolute atomic E-state index is 0.234. The van der Waals surface area contributed by atoms with Gasteiger partial charge in [0, 0.05) is 25.7 Å². The molecule has 0 aliphatic carbocycles. The van der Waals surface area contributed by atoms with Crippen molar-refractivity contribution >= 4 is 12.0 Å². The third-order valence-electron chi connectivity index (χ3n) is 2.41. The first-order chi connectivity index (χ1) is 7.13. The number of hydrogen-bond donors (Lipinski definition) is 2. The summed E-state index contributed by atoms with van der Waals surface area (Å²) >= 11 is 0. The van der Waals surface area contributed by atoms with E-state index < -0.39 is 6.09 Å². The highest BCUT2D eigenvalue weighted by molar-refractivity contribution is 5.92. The van der Waals surface area contributed by atoms with Crippen molar-refractivity contribution in [2.24, 2.45) is 0 Å². The second-order valence-electron chi connectivity index (χ2n) is 3.56. The molecular formula is C9H17N3O3. The second kappa shape index (κ2) is 5.67. The quantitative estimate of drug-likeness (QED) is 0.628. The van der Waals surface area contributed by atoms with E-state index in [9.17, 15) is 9.59 Å². The highest BCUT2D eigenvalue weighted by Gasteiger charge is 2.20. The topological polar surface area (TPSA) is 70.7 Å². The summed E-state index contributed by atoms with van der Waals surface area (Å²) in [5.41, 5.74) is 0. The molecule has 0 radical (unpaired) electrons. The number of ether oxygens (including phenoxy) is 1. The standard InChI is InChI=1S/C9H17N3O3/c1-7-5-10-3-4-12(7)6-8(13)11-9(14)15-2/h7,10H,3-6H2,1-2H3,(H,11,13,14)/t7-/m0/s1. The van der Waals surface area contributed by atoms with Crippen LogP contribution in [0, 0.1) is 0 Å². The zero-order valence-corrected chi connectivity index (χ0v) is 9.08. The number of nitrogens with one attached hydrogen (secondary N) is 2. The molecule has 1 fully saturated rings. The maximum atomic E-state index is 11.4. The van der Waals surface area contributed by atoms with Crippen LogP contribution in [-0.2, 0) is 9.53 Å². The number of carbonyl (C=O) groups is 2. The van der Waals surface area contributed by atoms with Crippen molar-refractivity contribution in [2.75, 3.05) is 33.3 Å². The van der Waals surface area contributed by atoms with Gasteiger partial charge in [-0.3, -0.25) is 15.0 Å². The van der Waals surface area contributed by atoms with Gasteiger partial charge in [-0.2, -0.15) is 0 Å². The fourth-order valence-corrected chi connectivity index (χ4v) is 1.51. The summed E-state index contributed by atoms with van der Waals surface area (Å²) in [4.78, 5) is 24.1. The number of carbonyl (C=O) groups excluding carboxylic acids is 2. The minimum Gasteiger partial charge on any atom is -0.453 e. The van der Waals surface area contributed by atoms with Crippen LogP contribution in [-0.4, -0.2) is 56.2 Å². The Morgan fingerprint density at radius 1 is 1.60 bits per heavy atom. The lowest BCUT2D eigenvalue weighted by Gasteiger charge is -2.32. The first-order valence-corrected chi connectivity index (χ1v) is 4.96. The third-order valence-corrected chi connectivity index (χ3v) is 2.41. The summed E-state index contributed by atoms with van der Waals surface area (Å²) < 4.78 is 4.34. The van der Waals surface area contributed by atoms with Crippen molar-refractivity contribution in [1.29, 1.82) is 0 Å². The zero-order chi connectivity index (χ0) is 11.3. The Labute approximate surface area is 88.9 Å². The van der Waals surface area contributed by atoms with Crippen LogP contribution in [0.3, 0.4) is 0 Å². The lowest BCUT2D eigenvalue weighted by molar-refractivity contribution is -0.122. The van der Waals surface area contributed by atoms with Crippen molar-refractivity contribution in [3.05, 3.63) is 0 Å². The second-order valence-corrected chi connectivity index (χ2v) is 3.56. The first-order valence-electron chi connectivity index (χ1n) is 4.96. The highest BCUT2D eigenvalue weighted by atomic mass is 16.5. The summed E-state index contributed by atoms with van der Waals surface area (Å²) in [7, 11) is 1.23. The van der Waals surface area contributed by atoms with Gasteiger partial charge in [-0.05, 0) is 6.92 Å². The molecule has 15 heavy (non-hydrogen) atoms. The number of methoxy groups -OCH3 is 1. The molecule has 1 aliphatic heterocycles. The van der Waals surface area contributed by atoms with E-state index in [1.165, 1.54) is 7.11 Å². The number of rotatable bonds is 2. The van der Waals surface area contributed by atoms with E-state index in [1.54, 1.807) is 0 Å². The van der Waals surface area contributed by atoms with E-state index in [-0.39, 0.29) is 12.5 Å². The molecule has 2 N–H and O–H groups in total. The van der Waals surface area contributed by atoms with Gasteiger partial charge < -0.3 is 10.1 Å². The van der Waals surface area contributed by atoms with E-state index >= 15 is 0 Å². The molecule has 86 valence electrons. The van der Waals surface area contributed by atoms with Crippen molar-refractivity contribution in [2.45, 2.75) is 13.0 Å². The minimum atomic E-state index is -0.706. The lowest BCUT2D eigenvalue weighted by atomic mass is 10.2. The van der Waals surface area contributed by atoms with Crippen LogP contribution < -0.4 is 10.6 Å². The summed E-state index contributed by atoms with van der Waals surface area (Å²) in [5, 5.41) is 5.36. The SMILES string of the molecule is COC(=O)NC(=O)CN1CCNC[C@@H]1C. The van der Waals surface area contributed by atoms with E-state index in [2.05, 4.69) is 15.4 Å². The van der Waals surface area contributed by atoms with Crippen LogP contribution in [0.15, 0.2) is 0 Å². The fourth-order valence-electron chi connectivity index (χ4n) is 1.51. The number of alkyl carbamates (subject to hydrolysis) is 1. The Morgan fingerprint density at radius 2 is 2.33 bits per heavy atom. The number of hydrogen-bond acceptors (Lipinski definition) is 5. The first kappa shape index (κ1) is 11.9. The smallest absolute Gasteiger partial charge is 0.413 e. The van der Waals surface area contributed by atoms with Crippen LogP contribution in [0.4, 0.5) is 4.79 Å². The molecule has 0 unspecified atom stereocenters. The predicted molar refractivity (Wildman–Crippen MR) is 54.5 cm³/mol. The average Bonchev–Trinajstić information content (AvgIpc) is 2.21. The van der Waals surface area contributed by atoms with E-state index in [0.29, 0.717) is 6.04 Å². The fraction of sp³-hybridized carbons (Fsp3) is 0.778. The maximum absolute atomic E-state index is 11.4. The number of imide groups is 1. The van der Waals surface area contributed by atoms with Crippen LogP contribution >= 0.6 is 0 Å². The van der Waals surface area contributed by atoms with Gasteiger partial charge in [-0.1, -0.05) is 0 Å². The van der Waals surface area contributed by atoms with Gasteiger partial charge in [0.15, 0.2) is 0 Å². The van der Waals surface area contributed by atoms with Crippen molar-refractivity contribution < 1.29 is 14.3 Å².